The molecule has 2 aliphatic rings. The molecular formula is C12H18FN5. The highest BCUT2D eigenvalue weighted by atomic mass is 19.2. The number of nitrogens with zero attached hydrogens (tertiary/aromatic N) is 5. The molecule has 6 heteroatoms. The van der Waals surface area contributed by atoms with Crippen LogP contribution in [0.4, 0.5) is 10.4 Å². The van der Waals surface area contributed by atoms with Crippen molar-refractivity contribution in [1.82, 2.24) is 19.9 Å². The molecule has 0 radical (unpaired) electrons. The number of fused-ring (bicyclic) bond motifs is 1. The Hall–Kier alpha value is -1.59. The van der Waals surface area contributed by atoms with E-state index in [0.29, 0.717) is 17.2 Å². The Morgan fingerprint density at radius 1 is 1.22 bits per heavy atom. The maximum absolute atomic E-state index is 13.3. The van der Waals surface area contributed by atoms with E-state index in [1.54, 1.807) is 6.08 Å². The summed E-state index contributed by atoms with van der Waals surface area (Å²) >= 11 is 0. The molecule has 0 bridgehead atoms. The van der Waals surface area contributed by atoms with Crippen molar-refractivity contribution >= 4 is 12.0 Å². The molecule has 98 valence electrons. The zero-order valence-corrected chi connectivity index (χ0v) is 10.8. The molecule has 3 heterocycles. The molecule has 1 fully saturated rings. The molecular weight excluding hydrogens is 233 g/mol. The molecule has 1 aromatic heterocycles. The van der Waals surface area contributed by atoms with Crippen LogP contribution in [0, 0.1) is 0 Å². The van der Waals surface area contributed by atoms with Crippen LogP contribution in [0.15, 0.2) is 6.20 Å². The van der Waals surface area contributed by atoms with Crippen LogP contribution in [0.5, 0.6) is 0 Å². The summed E-state index contributed by atoms with van der Waals surface area (Å²) in [5, 5.41) is 9.03. The average Bonchev–Trinajstić information content (AvgIpc) is 2.72. The number of anilines is 1. The Morgan fingerprint density at radius 3 is 2.67 bits per heavy atom. The first-order valence-electron chi connectivity index (χ1n) is 6.49. The molecule has 2 unspecified atom stereocenters. The average molecular weight is 251 g/mol. The largest absolute Gasteiger partial charge is 0.335 e. The molecule has 3 rings (SSSR count). The van der Waals surface area contributed by atoms with Gasteiger partial charge >= 0.3 is 0 Å². The van der Waals surface area contributed by atoms with Gasteiger partial charge in [-0.2, -0.15) is 5.12 Å². The van der Waals surface area contributed by atoms with Gasteiger partial charge in [0.25, 0.3) is 0 Å². The molecule has 2 aliphatic heterocycles. The van der Waals surface area contributed by atoms with Crippen LogP contribution in [0.2, 0.25) is 0 Å². The van der Waals surface area contributed by atoms with Crippen molar-refractivity contribution in [3.05, 3.63) is 12.0 Å². The zero-order chi connectivity index (χ0) is 12.7. The van der Waals surface area contributed by atoms with Crippen LogP contribution in [0.25, 0.3) is 6.08 Å². The summed E-state index contributed by atoms with van der Waals surface area (Å²) in [6.07, 6.45) is 6.59. The standard InChI is InChI=1S/C12H18FN5/c1-9-4-3-5-10(2)18(9)12-15-14-11-6-7-16(13)8-17(11)12/h6-7,9-10H,3-5,8H2,1-2H3. The maximum atomic E-state index is 13.3. The molecule has 18 heavy (non-hydrogen) atoms. The van der Waals surface area contributed by atoms with Gasteiger partial charge in [0, 0.05) is 24.4 Å². The van der Waals surface area contributed by atoms with Gasteiger partial charge < -0.3 is 4.90 Å². The van der Waals surface area contributed by atoms with Gasteiger partial charge in [0.1, 0.15) is 6.67 Å². The van der Waals surface area contributed by atoms with E-state index in [2.05, 4.69) is 28.9 Å². The third-order valence-electron chi connectivity index (χ3n) is 3.85. The number of halogens is 1. The molecule has 0 N–H and O–H groups in total. The van der Waals surface area contributed by atoms with Gasteiger partial charge in [-0.3, -0.25) is 4.57 Å². The fourth-order valence-electron chi connectivity index (χ4n) is 2.90. The lowest BCUT2D eigenvalue weighted by atomic mass is 9.98. The van der Waals surface area contributed by atoms with Gasteiger partial charge in [-0.05, 0) is 33.1 Å². The minimum atomic E-state index is 0.171. The SMILES string of the molecule is CC1CCCC(C)N1c1nnc2n1CN(F)C=C2. The van der Waals surface area contributed by atoms with Crippen molar-refractivity contribution in [3.63, 3.8) is 0 Å². The Bertz CT molecular complexity index is 459. The van der Waals surface area contributed by atoms with Crippen molar-refractivity contribution < 1.29 is 4.48 Å². The summed E-state index contributed by atoms with van der Waals surface area (Å²) in [6.45, 7) is 4.57. The molecule has 0 spiro atoms. The quantitative estimate of drug-likeness (QED) is 0.717. The Labute approximate surface area is 106 Å². The second-order valence-corrected chi connectivity index (χ2v) is 5.18. The predicted octanol–water partition coefficient (Wildman–Crippen LogP) is 2.17. The van der Waals surface area contributed by atoms with Gasteiger partial charge in [0.2, 0.25) is 5.95 Å². The lowest BCUT2D eigenvalue weighted by Gasteiger charge is -2.39. The Morgan fingerprint density at radius 2 is 1.94 bits per heavy atom. The van der Waals surface area contributed by atoms with Gasteiger partial charge in [-0.25, -0.2) is 0 Å². The second-order valence-electron chi connectivity index (χ2n) is 5.18. The monoisotopic (exact) mass is 251 g/mol. The normalized spacial score (nSPS) is 27.5. The van der Waals surface area contributed by atoms with Crippen molar-refractivity contribution in [1.29, 1.82) is 0 Å². The molecule has 0 amide bonds. The van der Waals surface area contributed by atoms with Crippen LogP contribution in [0.1, 0.15) is 38.9 Å². The summed E-state index contributed by atoms with van der Waals surface area (Å²) in [5.74, 6) is 1.51. The molecule has 1 aromatic rings. The lowest BCUT2D eigenvalue weighted by molar-refractivity contribution is 0.0494. The van der Waals surface area contributed by atoms with E-state index >= 15 is 0 Å². The predicted molar refractivity (Wildman–Crippen MR) is 67.3 cm³/mol. The van der Waals surface area contributed by atoms with Crippen molar-refractivity contribution in [3.8, 4) is 0 Å². The van der Waals surface area contributed by atoms with E-state index < -0.39 is 0 Å². The van der Waals surface area contributed by atoms with Crippen LogP contribution >= 0.6 is 0 Å². The molecule has 5 nitrogen and oxygen atoms in total. The smallest absolute Gasteiger partial charge is 0.229 e. The summed E-state index contributed by atoms with van der Waals surface area (Å²) in [7, 11) is 0. The van der Waals surface area contributed by atoms with E-state index in [9.17, 15) is 4.48 Å². The third-order valence-corrected chi connectivity index (χ3v) is 3.85. The number of piperidine rings is 1. The van der Waals surface area contributed by atoms with Gasteiger partial charge in [-0.15, -0.1) is 10.2 Å². The first kappa shape index (κ1) is 11.5. The minimum absolute atomic E-state index is 0.171. The van der Waals surface area contributed by atoms with Crippen molar-refractivity contribution in [2.24, 2.45) is 0 Å². The number of aromatic nitrogens is 3. The van der Waals surface area contributed by atoms with E-state index in [0.717, 1.165) is 24.6 Å². The van der Waals surface area contributed by atoms with Crippen molar-refractivity contribution in [2.45, 2.75) is 51.9 Å². The highest BCUT2D eigenvalue weighted by Crippen LogP contribution is 2.29. The third kappa shape index (κ3) is 1.76. The van der Waals surface area contributed by atoms with E-state index in [1.807, 2.05) is 4.57 Å². The van der Waals surface area contributed by atoms with Crippen molar-refractivity contribution in [2.75, 3.05) is 4.90 Å². The zero-order valence-electron chi connectivity index (χ0n) is 10.8. The lowest BCUT2D eigenvalue weighted by Crippen LogP contribution is -2.45. The van der Waals surface area contributed by atoms with E-state index in [-0.39, 0.29) is 6.67 Å². The van der Waals surface area contributed by atoms with E-state index in [1.165, 1.54) is 12.6 Å². The van der Waals surface area contributed by atoms with Gasteiger partial charge in [-0.1, -0.05) is 4.48 Å². The summed E-state index contributed by atoms with van der Waals surface area (Å²) in [5.41, 5.74) is 0. The van der Waals surface area contributed by atoms with Gasteiger partial charge in [0.15, 0.2) is 5.82 Å². The number of hydrogen-bond donors (Lipinski definition) is 0. The molecule has 1 saturated heterocycles. The van der Waals surface area contributed by atoms with Crippen LogP contribution in [0.3, 0.4) is 0 Å². The molecule has 0 aliphatic carbocycles. The summed E-state index contributed by atoms with van der Waals surface area (Å²) in [6, 6.07) is 0.863. The number of rotatable bonds is 1. The Kier molecular flexibility index (Phi) is 2.72. The first-order valence-corrected chi connectivity index (χ1v) is 6.49. The summed E-state index contributed by atoms with van der Waals surface area (Å²) in [4.78, 5) is 2.27. The van der Waals surface area contributed by atoms with Gasteiger partial charge in [0.05, 0.1) is 0 Å². The highest BCUT2D eigenvalue weighted by molar-refractivity contribution is 5.47. The number of hydrogen-bond acceptors (Lipinski definition) is 4. The topological polar surface area (TPSA) is 37.2 Å². The molecule has 0 aromatic carbocycles. The molecule has 2 atom stereocenters. The first-order chi connectivity index (χ1) is 8.66. The van der Waals surface area contributed by atoms with Crippen LogP contribution in [-0.4, -0.2) is 32.0 Å². The van der Waals surface area contributed by atoms with Crippen LogP contribution < -0.4 is 4.90 Å². The Balaban J connectivity index is 1.97. The minimum Gasteiger partial charge on any atom is -0.335 e. The fraction of sp³-hybridized carbons (Fsp3) is 0.667. The second kappa shape index (κ2) is 4.26. The fourth-order valence-corrected chi connectivity index (χ4v) is 2.90. The van der Waals surface area contributed by atoms with Crippen LogP contribution in [-0.2, 0) is 6.67 Å². The molecule has 0 saturated carbocycles. The summed E-state index contributed by atoms with van der Waals surface area (Å²) < 4.78 is 15.2. The van der Waals surface area contributed by atoms with E-state index in [4.69, 9.17) is 0 Å². The highest BCUT2D eigenvalue weighted by Gasteiger charge is 2.30. The maximum Gasteiger partial charge on any atom is 0.229 e.